The van der Waals surface area contributed by atoms with E-state index in [1.165, 1.54) is 15.4 Å². The SMILES string of the molecule is CNCC(C)c1nc(-c2ccc(Br)cc2)c(C)s1. The van der Waals surface area contributed by atoms with Gasteiger partial charge >= 0.3 is 0 Å². The van der Waals surface area contributed by atoms with Gasteiger partial charge in [0.25, 0.3) is 0 Å². The highest BCUT2D eigenvalue weighted by Crippen LogP contribution is 2.31. The lowest BCUT2D eigenvalue weighted by Crippen LogP contribution is -2.14. The van der Waals surface area contributed by atoms with Crippen LogP contribution >= 0.6 is 27.3 Å². The van der Waals surface area contributed by atoms with Crippen molar-refractivity contribution in [2.24, 2.45) is 0 Å². The molecule has 0 aliphatic heterocycles. The van der Waals surface area contributed by atoms with Crippen molar-refractivity contribution in [2.45, 2.75) is 19.8 Å². The van der Waals surface area contributed by atoms with E-state index in [2.05, 4.69) is 59.4 Å². The maximum atomic E-state index is 4.79. The zero-order valence-electron chi connectivity index (χ0n) is 10.8. The second-order valence-electron chi connectivity index (χ2n) is 4.42. The number of aromatic nitrogens is 1. The van der Waals surface area contributed by atoms with Gasteiger partial charge in [-0.15, -0.1) is 11.3 Å². The Kier molecular flexibility index (Phi) is 4.54. The minimum Gasteiger partial charge on any atom is -0.319 e. The molecule has 1 atom stereocenters. The summed E-state index contributed by atoms with van der Waals surface area (Å²) in [7, 11) is 1.98. The lowest BCUT2D eigenvalue weighted by molar-refractivity contribution is 0.674. The number of aryl methyl sites for hydroxylation is 1. The van der Waals surface area contributed by atoms with Crippen LogP contribution in [-0.4, -0.2) is 18.6 Å². The van der Waals surface area contributed by atoms with Gasteiger partial charge in [-0.05, 0) is 26.1 Å². The Morgan fingerprint density at radius 2 is 2.00 bits per heavy atom. The molecule has 2 aromatic rings. The third-order valence-electron chi connectivity index (χ3n) is 2.86. The second kappa shape index (κ2) is 5.95. The third kappa shape index (κ3) is 2.99. The summed E-state index contributed by atoms with van der Waals surface area (Å²) in [5, 5.41) is 4.41. The number of rotatable bonds is 4. The van der Waals surface area contributed by atoms with E-state index >= 15 is 0 Å². The first-order valence-electron chi connectivity index (χ1n) is 5.99. The average molecular weight is 325 g/mol. The van der Waals surface area contributed by atoms with Gasteiger partial charge < -0.3 is 5.32 Å². The number of hydrogen-bond acceptors (Lipinski definition) is 3. The van der Waals surface area contributed by atoms with Crippen molar-refractivity contribution in [1.82, 2.24) is 10.3 Å². The van der Waals surface area contributed by atoms with Gasteiger partial charge in [-0.2, -0.15) is 0 Å². The molecule has 1 heterocycles. The molecule has 1 unspecified atom stereocenters. The molecule has 0 saturated carbocycles. The molecule has 1 N–H and O–H groups in total. The number of halogens is 1. The van der Waals surface area contributed by atoms with Crippen LogP contribution in [0.2, 0.25) is 0 Å². The Hall–Kier alpha value is -0.710. The minimum atomic E-state index is 0.461. The Labute approximate surface area is 121 Å². The first kappa shape index (κ1) is 13.7. The van der Waals surface area contributed by atoms with Crippen molar-refractivity contribution in [1.29, 1.82) is 0 Å². The van der Waals surface area contributed by atoms with Crippen LogP contribution in [0.1, 0.15) is 22.7 Å². The summed E-state index contributed by atoms with van der Waals surface area (Å²) in [6, 6.07) is 8.34. The molecular formula is C14H17BrN2S. The summed E-state index contributed by atoms with van der Waals surface area (Å²) >= 11 is 5.26. The van der Waals surface area contributed by atoms with Gasteiger partial charge in [0.05, 0.1) is 10.7 Å². The summed E-state index contributed by atoms with van der Waals surface area (Å²) in [6.07, 6.45) is 0. The quantitative estimate of drug-likeness (QED) is 0.911. The van der Waals surface area contributed by atoms with Gasteiger partial charge in [0, 0.05) is 27.4 Å². The van der Waals surface area contributed by atoms with Gasteiger partial charge in [-0.3, -0.25) is 0 Å². The van der Waals surface area contributed by atoms with Crippen LogP contribution in [0.25, 0.3) is 11.3 Å². The van der Waals surface area contributed by atoms with Crippen molar-refractivity contribution in [3.63, 3.8) is 0 Å². The van der Waals surface area contributed by atoms with Crippen LogP contribution in [0.4, 0.5) is 0 Å². The number of nitrogens with one attached hydrogen (secondary N) is 1. The molecule has 4 heteroatoms. The lowest BCUT2D eigenvalue weighted by Gasteiger charge is -2.05. The minimum absolute atomic E-state index is 0.461. The standard InChI is InChI=1S/C14H17BrN2S/c1-9(8-16-3)14-17-13(10(2)18-14)11-4-6-12(15)7-5-11/h4-7,9,16H,8H2,1-3H3. The van der Waals surface area contributed by atoms with Crippen molar-refractivity contribution in [3.8, 4) is 11.3 Å². The molecule has 18 heavy (non-hydrogen) atoms. The van der Waals surface area contributed by atoms with Crippen LogP contribution in [-0.2, 0) is 0 Å². The average Bonchev–Trinajstić information content (AvgIpc) is 2.73. The highest BCUT2D eigenvalue weighted by Gasteiger charge is 2.14. The van der Waals surface area contributed by atoms with Gasteiger partial charge in [0.2, 0.25) is 0 Å². The molecule has 0 fully saturated rings. The number of thiazole rings is 1. The fourth-order valence-electron chi connectivity index (χ4n) is 1.90. The van der Waals surface area contributed by atoms with E-state index in [0.717, 1.165) is 16.7 Å². The van der Waals surface area contributed by atoms with E-state index in [1.54, 1.807) is 11.3 Å². The zero-order valence-corrected chi connectivity index (χ0v) is 13.2. The topological polar surface area (TPSA) is 24.9 Å². The van der Waals surface area contributed by atoms with Gasteiger partial charge in [-0.25, -0.2) is 4.98 Å². The highest BCUT2D eigenvalue weighted by molar-refractivity contribution is 9.10. The molecule has 96 valence electrons. The Bertz CT molecular complexity index is 519. The Balaban J connectivity index is 2.31. The number of hydrogen-bond donors (Lipinski definition) is 1. The Morgan fingerprint density at radius 1 is 1.33 bits per heavy atom. The van der Waals surface area contributed by atoms with E-state index in [4.69, 9.17) is 4.98 Å². The van der Waals surface area contributed by atoms with Crippen LogP contribution in [0.3, 0.4) is 0 Å². The highest BCUT2D eigenvalue weighted by atomic mass is 79.9. The van der Waals surface area contributed by atoms with E-state index in [1.807, 2.05) is 7.05 Å². The van der Waals surface area contributed by atoms with E-state index < -0.39 is 0 Å². The molecule has 1 aromatic heterocycles. The van der Waals surface area contributed by atoms with Crippen LogP contribution in [0, 0.1) is 6.92 Å². The molecule has 0 radical (unpaired) electrons. The van der Waals surface area contributed by atoms with Gasteiger partial charge in [0.1, 0.15) is 0 Å². The fraction of sp³-hybridized carbons (Fsp3) is 0.357. The molecule has 0 spiro atoms. The van der Waals surface area contributed by atoms with Crippen LogP contribution in [0.5, 0.6) is 0 Å². The van der Waals surface area contributed by atoms with Gasteiger partial charge in [0.15, 0.2) is 0 Å². The van der Waals surface area contributed by atoms with Crippen molar-refractivity contribution >= 4 is 27.3 Å². The van der Waals surface area contributed by atoms with E-state index in [-0.39, 0.29) is 0 Å². The monoisotopic (exact) mass is 324 g/mol. The zero-order chi connectivity index (χ0) is 13.1. The molecular weight excluding hydrogens is 308 g/mol. The van der Waals surface area contributed by atoms with Crippen molar-refractivity contribution in [2.75, 3.05) is 13.6 Å². The summed E-state index contributed by atoms with van der Waals surface area (Å²) < 4.78 is 1.10. The smallest absolute Gasteiger partial charge is 0.0976 e. The molecule has 0 bridgehead atoms. The lowest BCUT2D eigenvalue weighted by atomic mass is 10.1. The maximum Gasteiger partial charge on any atom is 0.0976 e. The maximum absolute atomic E-state index is 4.79. The summed E-state index contributed by atoms with van der Waals surface area (Å²) in [4.78, 5) is 6.08. The molecule has 0 aliphatic rings. The predicted octanol–water partition coefficient (Wildman–Crippen LogP) is 4.20. The first-order chi connectivity index (χ1) is 8.61. The number of nitrogens with zero attached hydrogens (tertiary/aromatic N) is 1. The van der Waals surface area contributed by atoms with Crippen molar-refractivity contribution in [3.05, 3.63) is 38.6 Å². The van der Waals surface area contributed by atoms with Crippen LogP contribution < -0.4 is 5.32 Å². The Morgan fingerprint density at radius 3 is 2.61 bits per heavy atom. The predicted molar refractivity (Wildman–Crippen MR) is 82.3 cm³/mol. The summed E-state index contributed by atoms with van der Waals surface area (Å²) in [6.45, 7) is 5.32. The van der Waals surface area contributed by atoms with Crippen LogP contribution in [0.15, 0.2) is 28.7 Å². The van der Waals surface area contributed by atoms with Gasteiger partial charge in [-0.1, -0.05) is 35.0 Å². The molecule has 2 nitrogen and oxygen atoms in total. The second-order valence-corrected chi connectivity index (χ2v) is 6.57. The number of benzene rings is 1. The number of likely N-dealkylation sites (N-methyl/N-ethyl adjacent to an activating group) is 1. The largest absolute Gasteiger partial charge is 0.319 e. The summed E-state index contributed by atoms with van der Waals surface area (Å²) in [5.41, 5.74) is 2.31. The fourth-order valence-corrected chi connectivity index (χ4v) is 3.16. The molecule has 0 amide bonds. The molecule has 1 aromatic carbocycles. The van der Waals surface area contributed by atoms with E-state index in [9.17, 15) is 0 Å². The first-order valence-corrected chi connectivity index (χ1v) is 7.60. The molecule has 2 rings (SSSR count). The molecule has 0 aliphatic carbocycles. The van der Waals surface area contributed by atoms with E-state index in [0.29, 0.717) is 5.92 Å². The van der Waals surface area contributed by atoms with Crippen molar-refractivity contribution < 1.29 is 0 Å². The third-order valence-corrected chi connectivity index (χ3v) is 4.59. The normalized spacial score (nSPS) is 12.7. The summed E-state index contributed by atoms with van der Waals surface area (Å²) in [5.74, 6) is 0.461. The molecule has 0 saturated heterocycles.